The molecule has 1 unspecified atom stereocenters. The number of aromatic amines is 1. The number of ether oxygens (including phenoxy) is 1. The van der Waals surface area contributed by atoms with Crippen LogP contribution in [0.1, 0.15) is 33.9 Å². The lowest BCUT2D eigenvalue weighted by Gasteiger charge is -2.46. The molecule has 0 radical (unpaired) electrons. The predicted octanol–water partition coefficient (Wildman–Crippen LogP) is 7.12. The van der Waals surface area contributed by atoms with Crippen LogP contribution in [0.25, 0.3) is 0 Å². The molecule has 1 aliphatic heterocycles. The standard InChI is InChI=1S/C35H29N3O2/c39-32(40-25-27-13-5-1-6-14-27)22-21-28-23-24-38(34-33(28)36-26-37-34)35(29-15-7-2-8-16-29,30-17-9-3-10-18-30)31-19-11-4-12-20-31/h1-24,26,28H,25H2,(H,36,37). The van der Waals surface area contributed by atoms with Crippen molar-refractivity contribution in [2.24, 2.45) is 0 Å². The third kappa shape index (κ3) is 4.74. The summed E-state index contributed by atoms with van der Waals surface area (Å²) >= 11 is 0. The fourth-order valence-electron chi connectivity index (χ4n) is 5.43. The Bertz CT molecular complexity index is 1510. The van der Waals surface area contributed by atoms with Crippen LogP contribution >= 0.6 is 0 Å². The zero-order chi connectivity index (χ0) is 27.2. The van der Waals surface area contributed by atoms with E-state index >= 15 is 0 Å². The minimum atomic E-state index is -0.687. The number of imidazole rings is 1. The van der Waals surface area contributed by atoms with Gasteiger partial charge in [-0.25, -0.2) is 9.78 Å². The van der Waals surface area contributed by atoms with Crippen molar-refractivity contribution in [1.82, 2.24) is 9.97 Å². The summed E-state index contributed by atoms with van der Waals surface area (Å²) in [7, 11) is 0. The van der Waals surface area contributed by atoms with Crippen molar-refractivity contribution in [3.63, 3.8) is 0 Å². The van der Waals surface area contributed by atoms with Crippen LogP contribution < -0.4 is 4.90 Å². The summed E-state index contributed by atoms with van der Waals surface area (Å²) in [4.78, 5) is 22.9. The molecule has 1 N–H and O–H groups in total. The molecule has 196 valence electrons. The first kappa shape index (κ1) is 25.1. The van der Waals surface area contributed by atoms with E-state index in [0.717, 1.165) is 33.8 Å². The molecular weight excluding hydrogens is 494 g/mol. The molecule has 2 heterocycles. The van der Waals surface area contributed by atoms with Crippen LogP contribution in [-0.4, -0.2) is 15.9 Å². The summed E-state index contributed by atoms with van der Waals surface area (Å²) in [5, 5.41) is 0. The lowest BCUT2D eigenvalue weighted by atomic mass is 9.75. The van der Waals surface area contributed by atoms with Crippen LogP contribution in [0.3, 0.4) is 0 Å². The molecule has 5 aromatic rings. The maximum absolute atomic E-state index is 12.5. The molecule has 40 heavy (non-hydrogen) atoms. The lowest BCUT2D eigenvalue weighted by molar-refractivity contribution is -0.139. The highest BCUT2D eigenvalue weighted by molar-refractivity contribution is 5.82. The van der Waals surface area contributed by atoms with Crippen LogP contribution in [0.4, 0.5) is 5.82 Å². The van der Waals surface area contributed by atoms with Gasteiger partial charge in [-0.2, -0.15) is 0 Å². The van der Waals surface area contributed by atoms with Crippen LogP contribution in [0.5, 0.6) is 0 Å². The lowest BCUT2D eigenvalue weighted by Crippen LogP contribution is -2.47. The molecule has 5 heteroatoms. The number of rotatable bonds is 8. The van der Waals surface area contributed by atoms with E-state index in [1.807, 2.05) is 54.6 Å². The van der Waals surface area contributed by atoms with Gasteiger partial charge in [-0.3, -0.25) is 0 Å². The first-order valence-corrected chi connectivity index (χ1v) is 13.3. The van der Waals surface area contributed by atoms with Gasteiger partial charge in [-0.05, 0) is 22.3 Å². The summed E-state index contributed by atoms with van der Waals surface area (Å²) in [6, 6.07) is 41.2. The van der Waals surface area contributed by atoms with Crippen molar-refractivity contribution in [1.29, 1.82) is 0 Å². The van der Waals surface area contributed by atoms with E-state index in [9.17, 15) is 4.79 Å². The number of nitrogens with one attached hydrogen (secondary N) is 1. The molecular formula is C35H29N3O2. The van der Waals surface area contributed by atoms with Crippen molar-refractivity contribution < 1.29 is 9.53 Å². The summed E-state index contributed by atoms with van der Waals surface area (Å²) in [6.07, 6.45) is 9.24. The number of hydrogen-bond donors (Lipinski definition) is 1. The minimum absolute atomic E-state index is 0.168. The Hall–Kier alpha value is -5.16. The monoisotopic (exact) mass is 523 g/mol. The fourth-order valence-corrected chi connectivity index (χ4v) is 5.43. The molecule has 6 rings (SSSR count). The van der Waals surface area contributed by atoms with Crippen LogP contribution in [-0.2, 0) is 21.7 Å². The third-order valence-corrected chi connectivity index (χ3v) is 7.25. The Balaban J connectivity index is 1.39. The number of H-pyrrole nitrogens is 1. The second-order valence-corrected chi connectivity index (χ2v) is 9.64. The van der Waals surface area contributed by atoms with Gasteiger partial charge in [0.25, 0.3) is 0 Å². The fraction of sp³-hybridized carbons (Fsp3) is 0.0857. The van der Waals surface area contributed by atoms with Crippen molar-refractivity contribution in [3.05, 3.63) is 180 Å². The Labute approximate surface area is 234 Å². The molecule has 1 aliphatic rings. The molecule has 1 atom stereocenters. The average Bonchev–Trinajstić information content (AvgIpc) is 3.53. The molecule has 0 fully saturated rings. The molecule has 0 amide bonds. The topological polar surface area (TPSA) is 58.2 Å². The first-order valence-electron chi connectivity index (χ1n) is 13.3. The Kier molecular flexibility index (Phi) is 7.10. The van der Waals surface area contributed by atoms with Gasteiger partial charge in [0.2, 0.25) is 0 Å². The number of nitrogens with zero attached hydrogens (tertiary/aromatic N) is 2. The number of carbonyl (C=O) groups is 1. The highest BCUT2D eigenvalue weighted by atomic mass is 16.5. The quantitative estimate of drug-likeness (QED) is 0.134. The predicted molar refractivity (Wildman–Crippen MR) is 158 cm³/mol. The van der Waals surface area contributed by atoms with E-state index in [-0.39, 0.29) is 18.5 Å². The largest absolute Gasteiger partial charge is 0.458 e. The number of hydrogen-bond acceptors (Lipinski definition) is 4. The van der Waals surface area contributed by atoms with Crippen LogP contribution in [0, 0.1) is 0 Å². The van der Waals surface area contributed by atoms with Crippen molar-refractivity contribution in [3.8, 4) is 0 Å². The molecule has 4 aromatic carbocycles. The number of anilines is 1. The number of carbonyl (C=O) groups excluding carboxylic acids is 1. The second kappa shape index (κ2) is 11.3. The van der Waals surface area contributed by atoms with Gasteiger partial charge in [-0.1, -0.05) is 133 Å². The number of esters is 1. The normalized spacial score (nSPS) is 14.7. The maximum Gasteiger partial charge on any atom is 0.330 e. The van der Waals surface area contributed by atoms with Gasteiger partial charge >= 0.3 is 5.97 Å². The molecule has 0 saturated heterocycles. The van der Waals surface area contributed by atoms with E-state index in [1.165, 1.54) is 6.08 Å². The number of allylic oxidation sites excluding steroid dienone is 2. The summed E-state index contributed by atoms with van der Waals surface area (Å²) < 4.78 is 5.45. The molecule has 0 saturated carbocycles. The van der Waals surface area contributed by atoms with E-state index in [4.69, 9.17) is 9.72 Å². The van der Waals surface area contributed by atoms with Gasteiger partial charge in [-0.15, -0.1) is 0 Å². The van der Waals surface area contributed by atoms with Crippen molar-refractivity contribution in [2.45, 2.75) is 18.1 Å². The van der Waals surface area contributed by atoms with E-state index in [0.29, 0.717) is 0 Å². The van der Waals surface area contributed by atoms with Gasteiger partial charge in [0.1, 0.15) is 12.1 Å². The first-order chi connectivity index (χ1) is 19.8. The number of fused-ring (bicyclic) bond motifs is 1. The Morgan fingerprint density at radius 3 is 1.88 bits per heavy atom. The average molecular weight is 524 g/mol. The number of aromatic nitrogens is 2. The zero-order valence-electron chi connectivity index (χ0n) is 21.9. The van der Waals surface area contributed by atoms with Crippen molar-refractivity contribution >= 4 is 11.8 Å². The van der Waals surface area contributed by atoms with E-state index in [1.54, 1.807) is 6.33 Å². The molecule has 0 aliphatic carbocycles. The highest BCUT2D eigenvalue weighted by Gasteiger charge is 2.44. The van der Waals surface area contributed by atoms with Crippen LogP contribution in [0.15, 0.2) is 152 Å². The third-order valence-electron chi connectivity index (χ3n) is 7.25. The smallest absolute Gasteiger partial charge is 0.330 e. The van der Waals surface area contributed by atoms with E-state index < -0.39 is 5.54 Å². The second-order valence-electron chi connectivity index (χ2n) is 9.64. The van der Waals surface area contributed by atoms with Gasteiger partial charge in [0.15, 0.2) is 5.82 Å². The Morgan fingerprint density at radius 1 is 0.800 bits per heavy atom. The van der Waals surface area contributed by atoms with Crippen LogP contribution in [0.2, 0.25) is 0 Å². The number of benzene rings is 4. The van der Waals surface area contributed by atoms with Gasteiger partial charge in [0.05, 0.1) is 12.0 Å². The minimum Gasteiger partial charge on any atom is -0.458 e. The summed E-state index contributed by atoms with van der Waals surface area (Å²) in [6.45, 7) is 0.237. The maximum atomic E-state index is 12.5. The molecule has 0 bridgehead atoms. The summed E-state index contributed by atoms with van der Waals surface area (Å²) in [5.41, 5.74) is 4.51. The SMILES string of the molecule is O=C(C=CC1C=CN(C(c2ccccc2)(c2ccccc2)c2ccccc2)c2nc[nH]c21)OCc1ccccc1. The van der Waals surface area contributed by atoms with Gasteiger partial charge < -0.3 is 14.6 Å². The summed E-state index contributed by atoms with van der Waals surface area (Å²) in [5.74, 6) is 0.248. The van der Waals surface area contributed by atoms with Crippen molar-refractivity contribution in [2.75, 3.05) is 4.90 Å². The molecule has 1 aromatic heterocycles. The highest BCUT2D eigenvalue weighted by Crippen LogP contribution is 2.47. The zero-order valence-corrected chi connectivity index (χ0v) is 21.9. The molecule has 5 nitrogen and oxygen atoms in total. The van der Waals surface area contributed by atoms with Gasteiger partial charge in [0, 0.05) is 18.2 Å². The molecule has 0 spiro atoms. The Morgan fingerprint density at radius 2 is 1.32 bits per heavy atom. The van der Waals surface area contributed by atoms with E-state index in [2.05, 4.69) is 95.0 Å².